The van der Waals surface area contributed by atoms with Crippen LogP contribution in [0, 0.1) is 0 Å². The Balaban J connectivity index is 2.40. The Morgan fingerprint density at radius 3 is 2.71 bits per heavy atom. The number of primary amides is 1. The van der Waals surface area contributed by atoms with Crippen LogP contribution in [0.15, 0.2) is 30.5 Å². The number of carbonyl (C=O) groups excluding carboxylic acids is 1. The number of ether oxygens (including phenoxy) is 2. The third-order valence-corrected chi connectivity index (χ3v) is 2.75. The number of aliphatic hydroxyl groups is 1. The molecule has 0 spiro atoms. The summed E-state index contributed by atoms with van der Waals surface area (Å²) in [5.74, 6) is 0.0764. The van der Waals surface area contributed by atoms with Crippen LogP contribution in [-0.2, 0) is 6.61 Å². The maximum Gasteiger partial charge on any atom is 0.254 e. The Labute approximate surface area is 121 Å². The molecule has 0 aliphatic rings. The fourth-order valence-corrected chi connectivity index (χ4v) is 1.73. The summed E-state index contributed by atoms with van der Waals surface area (Å²) in [6, 6.07) is 6.28. The van der Waals surface area contributed by atoms with Crippen molar-refractivity contribution in [2.24, 2.45) is 5.73 Å². The van der Waals surface area contributed by atoms with Gasteiger partial charge in [0.25, 0.3) is 5.91 Å². The van der Waals surface area contributed by atoms with Crippen molar-refractivity contribution in [3.8, 4) is 17.4 Å². The standard InChI is InChI=1S/C14H15N3O4/c1-20-12-4-8(7-18)2-3-11(12)21-14-10(13(16)19)5-9(15)6-17-14/h2-6,18H,7,15H2,1H3,(H2,16,19). The zero-order chi connectivity index (χ0) is 15.4. The molecular formula is C14H15N3O4. The topological polar surface area (TPSA) is 121 Å². The van der Waals surface area contributed by atoms with Gasteiger partial charge in [-0.05, 0) is 23.8 Å². The van der Waals surface area contributed by atoms with Crippen molar-refractivity contribution in [3.63, 3.8) is 0 Å². The fourth-order valence-electron chi connectivity index (χ4n) is 1.73. The molecule has 0 saturated heterocycles. The molecule has 2 rings (SSSR count). The van der Waals surface area contributed by atoms with Crippen LogP contribution in [-0.4, -0.2) is 23.1 Å². The maximum atomic E-state index is 11.4. The lowest BCUT2D eigenvalue weighted by atomic mass is 10.2. The van der Waals surface area contributed by atoms with Gasteiger partial charge in [-0.1, -0.05) is 6.07 Å². The first-order chi connectivity index (χ1) is 10.0. The van der Waals surface area contributed by atoms with Crippen molar-refractivity contribution in [1.82, 2.24) is 4.98 Å². The number of nitrogen functional groups attached to an aromatic ring is 1. The summed E-state index contributed by atoms with van der Waals surface area (Å²) in [7, 11) is 1.47. The van der Waals surface area contributed by atoms with E-state index in [-0.39, 0.29) is 18.1 Å². The number of hydrogen-bond donors (Lipinski definition) is 3. The van der Waals surface area contributed by atoms with E-state index < -0.39 is 5.91 Å². The lowest BCUT2D eigenvalue weighted by Gasteiger charge is -2.12. The van der Waals surface area contributed by atoms with E-state index in [0.29, 0.717) is 22.7 Å². The second-order valence-electron chi connectivity index (χ2n) is 4.23. The largest absolute Gasteiger partial charge is 0.493 e. The van der Waals surface area contributed by atoms with E-state index in [1.165, 1.54) is 19.4 Å². The van der Waals surface area contributed by atoms with Crippen molar-refractivity contribution in [2.45, 2.75) is 6.61 Å². The highest BCUT2D eigenvalue weighted by Crippen LogP contribution is 2.33. The molecule has 0 aliphatic heterocycles. The van der Waals surface area contributed by atoms with Crippen LogP contribution >= 0.6 is 0 Å². The number of aromatic nitrogens is 1. The number of hydrogen-bond acceptors (Lipinski definition) is 6. The summed E-state index contributed by atoms with van der Waals surface area (Å²) >= 11 is 0. The molecule has 7 nitrogen and oxygen atoms in total. The lowest BCUT2D eigenvalue weighted by molar-refractivity contribution is 0.0997. The van der Waals surface area contributed by atoms with Crippen LogP contribution in [0.5, 0.6) is 17.4 Å². The SMILES string of the molecule is COc1cc(CO)ccc1Oc1ncc(N)cc1C(N)=O. The molecule has 1 aromatic carbocycles. The average Bonchev–Trinajstić information content (AvgIpc) is 2.49. The van der Waals surface area contributed by atoms with Gasteiger partial charge in [-0.3, -0.25) is 4.79 Å². The number of methoxy groups -OCH3 is 1. The van der Waals surface area contributed by atoms with Crippen LogP contribution in [0.1, 0.15) is 15.9 Å². The Kier molecular flexibility index (Phi) is 4.24. The number of benzene rings is 1. The van der Waals surface area contributed by atoms with E-state index in [2.05, 4.69) is 4.98 Å². The molecule has 0 atom stereocenters. The maximum absolute atomic E-state index is 11.4. The molecule has 0 fully saturated rings. The molecule has 0 radical (unpaired) electrons. The highest BCUT2D eigenvalue weighted by atomic mass is 16.5. The number of nitrogens with zero attached hydrogens (tertiary/aromatic N) is 1. The van der Waals surface area contributed by atoms with Gasteiger partial charge in [0, 0.05) is 0 Å². The molecule has 21 heavy (non-hydrogen) atoms. The normalized spacial score (nSPS) is 10.2. The van der Waals surface area contributed by atoms with Crippen molar-refractivity contribution in [3.05, 3.63) is 41.6 Å². The van der Waals surface area contributed by atoms with Crippen LogP contribution in [0.25, 0.3) is 0 Å². The molecule has 5 N–H and O–H groups in total. The smallest absolute Gasteiger partial charge is 0.254 e. The number of anilines is 1. The lowest BCUT2D eigenvalue weighted by Crippen LogP contribution is -2.13. The van der Waals surface area contributed by atoms with Gasteiger partial charge in [0.05, 0.1) is 25.6 Å². The summed E-state index contributed by atoms with van der Waals surface area (Å²) in [5, 5.41) is 9.10. The second kappa shape index (κ2) is 6.10. The Bertz CT molecular complexity index is 673. The summed E-state index contributed by atoms with van der Waals surface area (Å²) in [6.45, 7) is -0.122. The number of aliphatic hydroxyl groups excluding tert-OH is 1. The van der Waals surface area contributed by atoms with Crippen molar-refractivity contribution < 1.29 is 19.4 Å². The van der Waals surface area contributed by atoms with Gasteiger partial charge in [-0.2, -0.15) is 0 Å². The molecule has 110 valence electrons. The molecule has 1 heterocycles. The van der Waals surface area contributed by atoms with E-state index in [1.54, 1.807) is 18.2 Å². The van der Waals surface area contributed by atoms with Crippen LogP contribution in [0.4, 0.5) is 5.69 Å². The minimum Gasteiger partial charge on any atom is -0.493 e. The van der Waals surface area contributed by atoms with E-state index >= 15 is 0 Å². The molecule has 0 bridgehead atoms. The Morgan fingerprint density at radius 2 is 2.10 bits per heavy atom. The summed E-state index contributed by atoms with van der Waals surface area (Å²) in [6.07, 6.45) is 1.36. The number of rotatable bonds is 5. The van der Waals surface area contributed by atoms with Crippen molar-refractivity contribution in [1.29, 1.82) is 0 Å². The molecular weight excluding hydrogens is 274 g/mol. The van der Waals surface area contributed by atoms with Crippen molar-refractivity contribution in [2.75, 3.05) is 12.8 Å². The predicted molar refractivity (Wildman–Crippen MR) is 76.2 cm³/mol. The Hall–Kier alpha value is -2.80. The highest BCUT2D eigenvalue weighted by Gasteiger charge is 2.15. The molecule has 0 saturated carbocycles. The van der Waals surface area contributed by atoms with Gasteiger partial charge < -0.3 is 26.0 Å². The summed E-state index contributed by atoms with van der Waals surface area (Å²) < 4.78 is 10.8. The zero-order valence-corrected chi connectivity index (χ0v) is 11.4. The van der Waals surface area contributed by atoms with Gasteiger partial charge >= 0.3 is 0 Å². The minimum atomic E-state index is -0.698. The highest BCUT2D eigenvalue weighted by molar-refractivity contribution is 5.95. The summed E-state index contributed by atoms with van der Waals surface area (Å²) in [4.78, 5) is 15.4. The first kappa shape index (κ1) is 14.6. The number of nitrogens with two attached hydrogens (primary N) is 2. The van der Waals surface area contributed by atoms with E-state index in [1.807, 2.05) is 0 Å². The van der Waals surface area contributed by atoms with E-state index in [0.717, 1.165) is 0 Å². The first-order valence-electron chi connectivity index (χ1n) is 6.06. The van der Waals surface area contributed by atoms with E-state index in [4.69, 9.17) is 26.0 Å². The van der Waals surface area contributed by atoms with Crippen molar-refractivity contribution >= 4 is 11.6 Å². The van der Waals surface area contributed by atoms with Gasteiger partial charge in [0.1, 0.15) is 5.56 Å². The third kappa shape index (κ3) is 3.21. The first-order valence-corrected chi connectivity index (χ1v) is 6.06. The number of amides is 1. The van der Waals surface area contributed by atoms with Gasteiger partial charge in [-0.15, -0.1) is 0 Å². The molecule has 1 aromatic heterocycles. The molecule has 7 heteroatoms. The number of pyridine rings is 1. The van der Waals surface area contributed by atoms with E-state index in [9.17, 15) is 4.79 Å². The minimum absolute atomic E-state index is 0.0340. The van der Waals surface area contributed by atoms with Gasteiger partial charge in [-0.25, -0.2) is 4.98 Å². The fraction of sp³-hybridized carbons (Fsp3) is 0.143. The second-order valence-corrected chi connectivity index (χ2v) is 4.23. The van der Waals surface area contributed by atoms with Gasteiger partial charge in [0.15, 0.2) is 11.5 Å². The van der Waals surface area contributed by atoms with Crippen LogP contribution in [0.3, 0.4) is 0 Å². The Morgan fingerprint density at radius 1 is 1.33 bits per heavy atom. The third-order valence-electron chi connectivity index (χ3n) is 2.75. The zero-order valence-electron chi connectivity index (χ0n) is 11.4. The van der Waals surface area contributed by atoms with Crippen LogP contribution in [0.2, 0.25) is 0 Å². The average molecular weight is 289 g/mol. The molecule has 0 unspecified atom stereocenters. The summed E-state index contributed by atoms with van der Waals surface area (Å²) in [5.41, 5.74) is 11.9. The van der Waals surface area contributed by atoms with Gasteiger partial charge in [0.2, 0.25) is 5.88 Å². The molecule has 0 aliphatic carbocycles. The van der Waals surface area contributed by atoms with Crippen LogP contribution < -0.4 is 20.9 Å². The quantitative estimate of drug-likeness (QED) is 0.756. The predicted octanol–water partition coefficient (Wildman–Crippen LogP) is 1.06. The molecule has 1 amide bonds. The molecule has 2 aromatic rings. The monoisotopic (exact) mass is 289 g/mol. The number of carbonyl (C=O) groups is 1.